The van der Waals surface area contributed by atoms with Crippen molar-refractivity contribution in [2.45, 2.75) is 19.8 Å². The number of hydrogen-bond acceptors (Lipinski definition) is 1. The van der Waals surface area contributed by atoms with E-state index in [1.165, 1.54) is 33.8 Å². The normalized spacial score (nSPS) is 13.5. The summed E-state index contributed by atoms with van der Waals surface area (Å²) in [5.74, 6) is 0. The molecular formula is C27H25N. The zero-order chi connectivity index (χ0) is 19.2. The van der Waals surface area contributed by atoms with Gasteiger partial charge in [0, 0.05) is 17.1 Å². The van der Waals surface area contributed by atoms with E-state index in [1.54, 1.807) is 0 Å². The highest BCUT2D eigenvalue weighted by Crippen LogP contribution is 2.33. The second kappa shape index (κ2) is 8.58. The number of benzene rings is 3. The van der Waals surface area contributed by atoms with Crippen LogP contribution in [0.5, 0.6) is 0 Å². The number of aryl methyl sites for hydroxylation is 1. The molecule has 0 bridgehead atoms. The molecule has 28 heavy (non-hydrogen) atoms. The van der Waals surface area contributed by atoms with E-state index in [0.717, 1.165) is 12.8 Å². The standard InChI is InChI=1S/C27H25N/c1-22-12-14-23(15-13-22)16-17-24-18-20-27(21-19-24)28(25-8-4-2-5-9-25)26-10-6-3-7-11-26/h2-6,8-10,12-21H,7,11H2,1H3. The summed E-state index contributed by atoms with van der Waals surface area (Å²) in [6, 6.07) is 28.0. The lowest BCUT2D eigenvalue weighted by atomic mass is 10.1. The molecule has 0 radical (unpaired) electrons. The van der Waals surface area contributed by atoms with Gasteiger partial charge < -0.3 is 4.90 Å². The maximum absolute atomic E-state index is 2.36. The number of para-hydroxylation sites is 1. The first kappa shape index (κ1) is 18.1. The van der Waals surface area contributed by atoms with Gasteiger partial charge in [-0.3, -0.25) is 0 Å². The van der Waals surface area contributed by atoms with Crippen LogP contribution in [0.3, 0.4) is 0 Å². The van der Waals surface area contributed by atoms with E-state index in [-0.39, 0.29) is 0 Å². The molecule has 0 spiro atoms. The van der Waals surface area contributed by atoms with Crippen LogP contribution < -0.4 is 4.90 Å². The Labute approximate surface area is 168 Å². The summed E-state index contributed by atoms with van der Waals surface area (Å²) in [6.45, 7) is 2.11. The molecule has 1 nitrogen and oxygen atoms in total. The highest BCUT2D eigenvalue weighted by atomic mass is 15.1. The summed E-state index contributed by atoms with van der Waals surface area (Å²) in [6.07, 6.45) is 13.1. The van der Waals surface area contributed by atoms with Crippen molar-refractivity contribution >= 4 is 23.5 Å². The molecule has 0 aliphatic heterocycles. The van der Waals surface area contributed by atoms with Gasteiger partial charge in [-0.1, -0.05) is 84.5 Å². The number of allylic oxidation sites excluding steroid dienone is 4. The van der Waals surface area contributed by atoms with Gasteiger partial charge in [0.1, 0.15) is 0 Å². The Morgan fingerprint density at radius 3 is 1.93 bits per heavy atom. The van der Waals surface area contributed by atoms with Crippen LogP contribution in [0, 0.1) is 6.92 Å². The van der Waals surface area contributed by atoms with Crippen molar-refractivity contribution < 1.29 is 0 Å². The Morgan fingerprint density at radius 2 is 1.32 bits per heavy atom. The van der Waals surface area contributed by atoms with Crippen molar-refractivity contribution in [2.75, 3.05) is 4.90 Å². The van der Waals surface area contributed by atoms with Crippen LogP contribution in [0.4, 0.5) is 11.4 Å². The fourth-order valence-corrected chi connectivity index (χ4v) is 3.44. The first-order valence-corrected chi connectivity index (χ1v) is 9.85. The lowest BCUT2D eigenvalue weighted by Crippen LogP contribution is -2.17. The second-order valence-electron chi connectivity index (χ2n) is 7.13. The minimum atomic E-state index is 1.06. The quantitative estimate of drug-likeness (QED) is 0.423. The molecule has 0 unspecified atom stereocenters. The molecule has 0 N–H and O–H groups in total. The minimum absolute atomic E-state index is 1.06. The predicted molar refractivity (Wildman–Crippen MR) is 122 cm³/mol. The van der Waals surface area contributed by atoms with Crippen molar-refractivity contribution in [3.8, 4) is 0 Å². The Kier molecular flexibility index (Phi) is 5.53. The molecule has 0 atom stereocenters. The van der Waals surface area contributed by atoms with Crippen LogP contribution in [0.25, 0.3) is 12.2 Å². The Balaban J connectivity index is 1.60. The van der Waals surface area contributed by atoms with Gasteiger partial charge in [-0.2, -0.15) is 0 Å². The largest absolute Gasteiger partial charge is 0.314 e. The highest BCUT2D eigenvalue weighted by Gasteiger charge is 2.14. The Hall–Kier alpha value is -3.32. The fraction of sp³-hybridized carbons (Fsp3) is 0.111. The van der Waals surface area contributed by atoms with Crippen LogP contribution in [0.1, 0.15) is 29.5 Å². The van der Waals surface area contributed by atoms with Crippen molar-refractivity contribution in [3.05, 3.63) is 119 Å². The molecule has 0 aromatic heterocycles. The molecule has 0 fully saturated rings. The smallest absolute Gasteiger partial charge is 0.0458 e. The van der Waals surface area contributed by atoms with Crippen molar-refractivity contribution in [1.29, 1.82) is 0 Å². The van der Waals surface area contributed by atoms with E-state index in [0.29, 0.717) is 0 Å². The van der Waals surface area contributed by atoms with Gasteiger partial charge in [0.15, 0.2) is 0 Å². The summed E-state index contributed by atoms with van der Waals surface area (Å²) in [5, 5.41) is 0. The van der Waals surface area contributed by atoms with Gasteiger partial charge in [-0.05, 0) is 61.2 Å². The minimum Gasteiger partial charge on any atom is -0.314 e. The number of hydrogen-bond donors (Lipinski definition) is 0. The second-order valence-corrected chi connectivity index (χ2v) is 7.13. The summed E-state index contributed by atoms with van der Waals surface area (Å²) in [7, 11) is 0. The Morgan fingerprint density at radius 1 is 0.714 bits per heavy atom. The average Bonchev–Trinajstić information content (AvgIpc) is 2.76. The van der Waals surface area contributed by atoms with Gasteiger partial charge in [-0.15, -0.1) is 0 Å². The first-order chi connectivity index (χ1) is 13.8. The molecule has 0 saturated heterocycles. The molecule has 0 saturated carbocycles. The third-order valence-corrected chi connectivity index (χ3v) is 4.99. The molecular weight excluding hydrogens is 338 g/mol. The molecule has 1 aliphatic rings. The van der Waals surface area contributed by atoms with Crippen LogP contribution in [-0.2, 0) is 0 Å². The lowest BCUT2D eigenvalue weighted by Gasteiger charge is -2.28. The number of anilines is 2. The summed E-state index contributed by atoms with van der Waals surface area (Å²) in [4.78, 5) is 2.36. The number of rotatable bonds is 5. The monoisotopic (exact) mass is 363 g/mol. The van der Waals surface area contributed by atoms with E-state index in [1.807, 2.05) is 0 Å². The van der Waals surface area contributed by atoms with Crippen LogP contribution >= 0.6 is 0 Å². The summed E-state index contributed by atoms with van der Waals surface area (Å²) < 4.78 is 0. The van der Waals surface area contributed by atoms with Gasteiger partial charge in [0.25, 0.3) is 0 Å². The Bertz CT molecular complexity index is 990. The van der Waals surface area contributed by atoms with Gasteiger partial charge in [-0.25, -0.2) is 0 Å². The third kappa shape index (κ3) is 4.32. The van der Waals surface area contributed by atoms with Crippen molar-refractivity contribution in [2.24, 2.45) is 0 Å². The van der Waals surface area contributed by atoms with Crippen molar-refractivity contribution in [3.63, 3.8) is 0 Å². The molecule has 138 valence electrons. The zero-order valence-corrected chi connectivity index (χ0v) is 16.3. The molecule has 3 aromatic rings. The van der Waals surface area contributed by atoms with Gasteiger partial charge in [0.05, 0.1) is 0 Å². The third-order valence-electron chi connectivity index (χ3n) is 4.99. The molecule has 0 heterocycles. The fourth-order valence-electron chi connectivity index (χ4n) is 3.44. The van der Waals surface area contributed by atoms with Crippen LogP contribution in [0.2, 0.25) is 0 Å². The first-order valence-electron chi connectivity index (χ1n) is 9.85. The number of nitrogens with zero attached hydrogens (tertiary/aromatic N) is 1. The van der Waals surface area contributed by atoms with Crippen LogP contribution in [-0.4, -0.2) is 0 Å². The summed E-state index contributed by atoms with van der Waals surface area (Å²) >= 11 is 0. The van der Waals surface area contributed by atoms with E-state index in [9.17, 15) is 0 Å². The lowest BCUT2D eigenvalue weighted by molar-refractivity contribution is 0.917. The molecule has 1 aliphatic carbocycles. The maximum Gasteiger partial charge on any atom is 0.0458 e. The summed E-state index contributed by atoms with van der Waals surface area (Å²) in [5.41, 5.74) is 7.44. The van der Waals surface area contributed by atoms with Crippen LogP contribution in [0.15, 0.2) is 103 Å². The van der Waals surface area contributed by atoms with E-state index >= 15 is 0 Å². The SMILES string of the molecule is Cc1ccc(C=Cc2ccc(N(C3=CC=CCC3)c3ccccc3)cc2)cc1. The molecule has 4 rings (SSSR count). The molecule has 3 aromatic carbocycles. The topological polar surface area (TPSA) is 3.24 Å². The van der Waals surface area contributed by atoms with E-state index in [4.69, 9.17) is 0 Å². The molecule has 1 heteroatoms. The molecule has 0 amide bonds. The highest BCUT2D eigenvalue weighted by molar-refractivity contribution is 5.73. The zero-order valence-electron chi connectivity index (χ0n) is 16.3. The van der Waals surface area contributed by atoms with Gasteiger partial charge in [0.2, 0.25) is 0 Å². The van der Waals surface area contributed by atoms with Gasteiger partial charge >= 0.3 is 0 Å². The van der Waals surface area contributed by atoms with E-state index < -0.39 is 0 Å². The maximum atomic E-state index is 2.36. The average molecular weight is 364 g/mol. The van der Waals surface area contributed by atoms with Crippen molar-refractivity contribution in [1.82, 2.24) is 0 Å². The predicted octanol–water partition coefficient (Wildman–Crippen LogP) is 7.54. The van der Waals surface area contributed by atoms with E-state index in [2.05, 4.69) is 121 Å².